The van der Waals surface area contributed by atoms with Crippen LogP contribution in [-0.2, 0) is 0 Å². The van der Waals surface area contributed by atoms with Crippen molar-refractivity contribution in [3.8, 4) is 0 Å². The van der Waals surface area contributed by atoms with Crippen LogP contribution in [0.15, 0.2) is 41.3 Å². The first-order valence-electron chi connectivity index (χ1n) is 4.67. The van der Waals surface area contributed by atoms with Gasteiger partial charge in [-0.1, -0.05) is 18.2 Å². The number of benzene rings is 1. The maximum Gasteiger partial charge on any atom is 0.150 e. The van der Waals surface area contributed by atoms with Crippen LogP contribution in [0.5, 0.6) is 0 Å². The fourth-order valence-corrected chi connectivity index (χ4v) is 1.88. The normalized spacial score (nSPS) is 17.9. The Kier molecular flexibility index (Phi) is 1.42. The van der Waals surface area contributed by atoms with E-state index in [9.17, 15) is 0 Å². The van der Waals surface area contributed by atoms with Crippen molar-refractivity contribution in [2.75, 3.05) is 18.6 Å². The van der Waals surface area contributed by atoms with Gasteiger partial charge < -0.3 is 9.80 Å². The molecule has 1 aromatic carbocycles. The van der Waals surface area contributed by atoms with Crippen molar-refractivity contribution < 1.29 is 0 Å². The van der Waals surface area contributed by atoms with E-state index in [1.807, 2.05) is 12.3 Å². The molecule has 2 aliphatic heterocycles. The summed E-state index contributed by atoms with van der Waals surface area (Å²) in [4.78, 5) is 8.75. The van der Waals surface area contributed by atoms with Crippen LogP contribution in [0.3, 0.4) is 0 Å². The zero-order valence-electron chi connectivity index (χ0n) is 8.01. The number of para-hydroxylation sites is 1. The highest BCUT2D eigenvalue weighted by atomic mass is 15.4. The second kappa shape index (κ2) is 2.61. The van der Waals surface area contributed by atoms with E-state index in [1.165, 1.54) is 11.3 Å². The first-order chi connectivity index (χ1) is 6.84. The lowest BCUT2D eigenvalue weighted by Crippen LogP contribution is -2.26. The smallest absolute Gasteiger partial charge is 0.150 e. The summed E-state index contributed by atoms with van der Waals surface area (Å²) >= 11 is 0. The van der Waals surface area contributed by atoms with Gasteiger partial charge in [0, 0.05) is 25.0 Å². The van der Waals surface area contributed by atoms with Crippen LogP contribution >= 0.6 is 0 Å². The van der Waals surface area contributed by atoms with Crippen LogP contribution in [0.1, 0.15) is 5.56 Å². The lowest BCUT2D eigenvalue weighted by atomic mass is 10.1. The standard InChI is InChI=1S/C11H11N3/c1-13-7-11-12-6-9-4-2-3-5-10(9)14(11)8-13/h2-7H,8H2,1H3. The zero-order valence-corrected chi connectivity index (χ0v) is 8.01. The monoisotopic (exact) mass is 185 g/mol. The Morgan fingerprint density at radius 2 is 2.14 bits per heavy atom. The van der Waals surface area contributed by atoms with Gasteiger partial charge >= 0.3 is 0 Å². The molecule has 0 bridgehead atoms. The Morgan fingerprint density at radius 1 is 1.29 bits per heavy atom. The maximum atomic E-state index is 4.40. The van der Waals surface area contributed by atoms with Gasteiger partial charge in [-0.25, -0.2) is 4.99 Å². The molecule has 0 saturated carbocycles. The Labute approximate surface area is 83.0 Å². The van der Waals surface area contributed by atoms with E-state index in [2.05, 4.69) is 46.2 Å². The predicted molar refractivity (Wildman–Crippen MR) is 57.2 cm³/mol. The van der Waals surface area contributed by atoms with Gasteiger partial charge in [0.2, 0.25) is 0 Å². The van der Waals surface area contributed by atoms with E-state index in [0.29, 0.717) is 0 Å². The molecular weight excluding hydrogens is 174 g/mol. The first-order valence-corrected chi connectivity index (χ1v) is 4.67. The fraction of sp³-hybridized carbons (Fsp3) is 0.182. The van der Waals surface area contributed by atoms with Gasteiger partial charge in [-0.2, -0.15) is 0 Å². The fourth-order valence-electron chi connectivity index (χ4n) is 1.88. The lowest BCUT2D eigenvalue weighted by molar-refractivity contribution is 0.495. The minimum absolute atomic E-state index is 0.893. The molecule has 2 aliphatic rings. The van der Waals surface area contributed by atoms with E-state index in [0.717, 1.165) is 12.5 Å². The van der Waals surface area contributed by atoms with Crippen LogP contribution in [0, 0.1) is 0 Å². The van der Waals surface area contributed by atoms with E-state index < -0.39 is 0 Å². The number of hydrogen-bond acceptors (Lipinski definition) is 3. The molecule has 0 amide bonds. The number of nitrogens with zero attached hydrogens (tertiary/aromatic N) is 3. The number of anilines is 1. The molecule has 3 rings (SSSR count). The van der Waals surface area contributed by atoms with E-state index in [-0.39, 0.29) is 0 Å². The Hall–Kier alpha value is -1.77. The van der Waals surface area contributed by atoms with Gasteiger partial charge in [0.1, 0.15) is 0 Å². The number of fused-ring (bicyclic) bond motifs is 3. The summed E-state index contributed by atoms with van der Waals surface area (Å²) in [7, 11) is 2.06. The van der Waals surface area contributed by atoms with Crippen molar-refractivity contribution in [1.29, 1.82) is 0 Å². The second-order valence-electron chi connectivity index (χ2n) is 3.63. The summed E-state index contributed by atoms with van der Waals surface area (Å²) in [6, 6.07) is 8.33. The quantitative estimate of drug-likeness (QED) is 0.611. The molecule has 0 spiro atoms. The zero-order chi connectivity index (χ0) is 9.54. The molecule has 0 aromatic heterocycles. The van der Waals surface area contributed by atoms with Crippen LogP contribution in [0.4, 0.5) is 5.69 Å². The van der Waals surface area contributed by atoms with Gasteiger partial charge in [0.25, 0.3) is 0 Å². The minimum Gasteiger partial charge on any atom is -0.359 e. The van der Waals surface area contributed by atoms with Crippen LogP contribution < -0.4 is 4.90 Å². The van der Waals surface area contributed by atoms with Gasteiger partial charge in [0.05, 0.1) is 12.4 Å². The van der Waals surface area contributed by atoms with Crippen molar-refractivity contribution in [2.45, 2.75) is 0 Å². The maximum absolute atomic E-state index is 4.40. The summed E-state index contributed by atoms with van der Waals surface area (Å²) in [5.41, 5.74) is 2.44. The largest absolute Gasteiger partial charge is 0.359 e. The molecule has 0 N–H and O–H groups in total. The molecule has 0 aliphatic carbocycles. The molecule has 0 fully saturated rings. The van der Waals surface area contributed by atoms with Crippen molar-refractivity contribution in [3.05, 3.63) is 41.8 Å². The summed E-state index contributed by atoms with van der Waals surface area (Å²) in [6.07, 6.45) is 3.99. The van der Waals surface area contributed by atoms with Gasteiger partial charge in [-0.3, -0.25) is 0 Å². The molecule has 70 valence electrons. The molecule has 0 radical (unpaired) electrons. The molecule has 3 heteroatoms. The average Bonchev–Trinajstić information content (AvgIpc) is 2.59. The lowest BCUT2D eigenvalue weighted by Gasteiger charge is -2.24. The molecule has 0 saturated heterocycles. The Bertz CT molecular complexity index is 434. The third-order valence-corrected chi connectivity index (χ3v) is 2.54. The molecule has 0 atom stereocenters. The SMILES string of the molecule is CN1C=C2N=Cc3ccccc3N2C1. The average molecular weight is 185 g/mol. The first kappa shape index (κ1) is 7.62. The van der Waals surface area contributed by atoms with Gasteiger partial charge in [-0.15, -0.1) is 0 Å². The molecule has 1 aromatic rings. The van der Waals surface area contributed by atoms with Gasteiger partial charge in [-0.05, 0) is 6.07 Å². The molecule has 3 nitrogen and oxygen atoms in total. The van der Waals surface area contributed by atoms with Crippen LogP contribution in [0.2, 0.25) is 0 Å². The van der Waals surface area contributed by atoms with Crippen molar-refractivity contribution in [1.82, 2.24) is 4.90 Å². The van der Waals surface area contributed by atoms with E-state index in [4.69, 9.17) is 0 Å². The highest BCUT2D eigenvalue weighted by Crippen LogP contribution is 2.30. The minimum atomic E-state index is 0.893. The highest BCUT2D eigenvalue weighted by molar-refractivity contribution is 5.92. The van der Waals surface area contributed by atoms with Crippen molar-refractivity contribution in [3.63, 3.8) is 0 Å². The van der Waals surface area contributed by atoms with Crippen LogP contribution in [-0.4, -0.2) is 24.8 Å². The van der Waals surface area contributed by atoms with Crippen LogP contribution in [0.25, 0.3) is 0 Å². The van der Waals surface area contributed by atoms with Crippen molar-refractivity contribution >= 4 is 11.9 Å². The predicted octanol–water partition coefficient (Wildman–Crippen LogP) is 1.63. The van der Waals surface area contributed by atoms with Crippen molar-refractivity contribution in [2.24, 2.45) is 4.99 Å². The van der Waals surface area contributed by atoms with E-state index >= 15 is 0 Å². The molecular formula is C11H11N3. The van der Waals surface area contributed by atoms with Gasteiger partial charge in [0.15, 0.2) is 5.82 Å². The molecule has 0 unspecified atom stereocenters. The summed E-state index contributed by atoms with van der Waals surface area (Å²) < 4.78 is 0. The number of aliphatic imine (C=N–C) groups is 1. The molecule has 14 heavy (non-hydrogen) atoms. The topological polar surface area (TPSA) is 18.8 Å². The summed E-state index contributed by atoms with van der Waals surface area (Å²) in [5.74, 6) is 1.03. The Balaban J connectivity index is 2.14. The Morgan fingerprint density at radius 3 is 3.07 bits per heavy atom. The number of rotatable bonds is 0. The summed E-state index contributed by atoms with van der Waals surface area (Å²) in [6.45, 7) is 0.893. The highest BCUT2D eigenvalue weighted by Gasteiger charge is 2.23. The molecule has 2 heterocycles. The summed E-state index contributed by atoms with van der Waals surface area (Å²) in [5, 5.41) is 0. The number of hydrogen-bond donors (Lipinski definition) is 0. The second-order valence-corrected chi connectivity index (χ2v) is 3.63. The third-order valence-electron chi connectivity index (χ3n) is 2.54. The van der Waals surface area contributed by atoms with E-state index in [1.54, 1.807) is 0 Å². The third kappa shape index (κ3) is 0.954.